The van der Waals surface area contributed by atoms with Gasteiger partial charge in [-0.25, -0.2) is 4.79 Å². The van der Waals surface area contributed by atoms with Crippen LogP contribution in [0.25, 0.3) is 0 Å². The topological polar surface area (TPSA) is 47.4 Å². The molecule has 1 aliphatic heterocycles. The summed E-state index contributed by atoms with van der Waals surface area (Å²) in [7, 11) is 3.24. The zero-order valence-electron chi connectivity index (χ0n) is 10.5. The second-order valence-electron chi connectivity index (χ2n) is 4.47. The zero-order chi connectivity index (χ0) is 12.3. The first-order valence-corrected chi connectivity index (χ1v) is 6.04. The van der Waals surface area contributed by atoms with Gasteiger partial charge in [-0.15, -0.1) is 0 Å². The van der Waals surface area contributed by atoms with E-state index in [0.717, 1.165) is 25.3 Å². The van der Waals surface area contributed by atoms with Crippen LogP contribution in [0, 0.1) is 0 Å². The standard InChI is InChI=1S/C12H19N3O2/c1-14-10(8-11(13-14)12(16)17-2)9-15-6-4-3-5-7-15/h8H,3-7,9H2,1-2H3. The Bertz CT molecular complexity index is 394. The molecule has 0 aromatic carbocycles. The predicted molar refractivity (Wildman–Crippen MR) is 63.7 cm³/mol. The van der Waals surface area contributed by atoms with E-state index in [1.165, 1.54) is 26.4 Å². The van der Waals surface area contributed by atoms with Crippen LogP contribution in [-0.4, -0.2) is 40.8 Å². The lowest BCUT2D eigenvalue weighted by atomic mass is 10.1. The van der Waals surface area contributed by atoms with E-state index < -0.39 is 0 Å². The maximum absolute atomic E-state index is 11.4. The Hall–Kier alpha value is -1.36. The smallest absolute Gasteiger partial charge is 0.358 e. The van der Waals surface area contributed by atoms with Crippen LogP contribution >= 0.6 is 0 Å². The van der Waals surface area contributed by atoms with E-state index in [4.69, 9.17) is 0 Å². The minimum Gasteiger partial charge on any atom is -0.464 e. The SMILES string of the molecule is COC(=O)c1cc(CN2CCCCC2)n(C)n1. The highest BCUT2D eigenvalue weighted by molar-refractivity contribution is 5.87. The van der Waals surface area contributed by atoms with E-state index in [0.29, 0.717) is 5.69 Å². The van der Waals surface area contributed by atoms with Gasteiger partial charge in [0.1, 0.15) is 0 Å². The molecule has 1 aromatic rings. The minimum absolute atomic E-state index is 0.370. The summed E-state index contributed by atoms with van der Waals surface area (Å²) in [5.41, 5.74) is 1.45. The molecule has 0 bridgehead atoms. The van der Waals surface area contributed by atoms with Crippen molar-refractivity contribution < 1.29 is 9.53 Å². The number of hydrogen-bond donors (Lipinski definition) is 0. The number of aryl methyl sites for hydroxylation is 1. The summed E-state index contributed by atoms with van der Waals surface area (Å²) in [6, 6.07) is 1.82. The van der Waals surface area contributed by atoms with Crippen LogP contribution in [-0.2, 0) is 18.3 Å². The predicted octanol–water partition coefficient (Wildman–Crippen LogP) is 1.19. The van der Waals surface area contributed by atoms with Crippen molar-refractivity contribution in [1.29, 1.82) is 0 Å². The van der Waals surface area contributed by atoms with Crippen molar-refractivity contribution in [2.75, 3.05) is 20.2 Å². The highest BCUT2D eigenvalue weighted by atomic mass is 16.5. The van der Waals surface area contributed by atoms with E-state index in [1.54, 1.807) is 4.68 Å². The number of hydrogen-bond acceptors (Lipinski definition) is 4. The van der Waals surface area contributed by atoms with Crippen LogP contribution in [0.3, 0.4) is 0 Å². The molecule has 0 atom stereocenters. The molecule has 0 unspecified atom stereocenters. The van der Waals surface area contributed by atoms with E-state index in [2.05, 4.69) is 14.7 Å². The summed E-state index contributed by atoms with van der Waals surface area (Å²) in [6.07, 6.45) is 3.86. The lowest BCUT2D eigenvalue weighted by Crippen LogP contribution is -2.29. The van der Waals surface area contributed by atoms with Gasteiger partial charge in [-0.2, -0.15) is 5.10 Å². The van der Waals surface area contributed by atoms with Crippen LogP contribution < -0.4 is 0 Å². The van der Waals surface area contributed by atoms with Crippen LogP contribution in [0.4, 0.5) is 0 Å². The molecule has 1 aliphatic rings. The number of esters is 1. The molecular formula is C12H19N3O2. The van der Waals surface area contributed by atoms with Crippen molar-refractivity contribution >= 4 is 5.97 Å². The molecular weight excluding hydrogens is 218 g/mol. The Labute approximate surface area is 101 Å². The number of carbonyl (C=O) groups is 1. The van der Waals surface area contributed by atoms with Gasteiger partial charge in [0.25, 0.3) is 0 Å². The Morgan fingerprint density at radius 3 is 2.76 bits per heavy atom. The van der Waals surface area contributed by atoms with Crippen LogP contribution in [0.1, 0.15) is 35.4 Å². The first-order chi connectivity index (χ1) is 8.20. The highest BCUT2D eigenvalue weighted by Crippen LogP contribution is 2.13. The van der Waals surface area contributed by atoms with Crippen molar-refractivity contribution in [1.82, 2.24) is 14.7 Å². The summed E-state index contributed by atoms with van der Waals surface area (Å²) in [5, 5.41) is 4.16. The largest absolute Gasteiger partial charge is 0.464 e. The molecule has 5 nitrogen and oxygen atoms in total. The van der Waals surface area contributed by atoms with Crippen molar-refractivity contribution in [2.45, 2.75) is 25.8 Å². The van der Waals surface area contributed by atoms with E-state index in [9.17, 15) is 4.79 Å². The molecule has 17 heavy (non-hydrogen) atoms. The first-order valence-electron chi connectivity index (χ1n) is 6.04. The monoisotopic (exact) mass is 237 g/mol. The third-order valence-corrected chi connectivity index (χ3v) is 3.21. The van der Waals surface area contributed by atoms with Crippen LogP contribution in [0.5, 0.6) is 0 Å². The quantitative estimate of drug-likeness (QED) is 0.741. The fourth-order valence-electron chi connectivity index (χ4n) is 2.20. The number of methoxy groups -OCH3 is 1. The lowest BCUT2D eigenvalue weighted by Gasteiger charge is -2.26. The number of piperidine rings is 1. The number of rotatable bonds is 3. The molecule has 0 N–H and O–H groups in total. The summed E-state index contributed by atoms with van der Waals surface area (Å²) in [6.45, 7) is 3.14. The molecule has 1 saturated heterocycles. The molecule has 0 spiro atoms. The van der Waals surface area contributed by atoms with Crippen molar-refractivity contribution in [3.63, 3.8) is 0 Å². The van der Waals surface area contributed by atoms with Crippen molar-refractivity contribution in [3.8, 4) is 0 Å². The van der Waals surface area contributed by atoms with E-state index in [-0.39, 0.29) is 5.97 Å². The first kappa shape index (κ1) is 12.1. The molecule has 1 aromatic heterocycles. The maximum atomic E-state index is 11.4. The molecule has 2 heterocycles. The molecule has 5 heteroatoms. The van der Waals surface area contributed by atoms with Gasteiger partial charge in [0.05, 0.1) is 12.8 Å². The number of carbonyl (C=O) groups excluding carboxylic acids is 1. The molecule has 0 amide bonds. The molecule has 0 radical (unpaired) electrons. The van der Waals surface area contributed by atoms with Gasteiger partial charge in [-0.3, -0.25) is 9.58 Å². The van der Waals surface area contributed by atoms with Gasteiger partial charge in [0.15, 0.2) is 5.69 Å². The molecule has 1 fully saturated rings. The fourth-order valence-corrected chi connectivity index (χ4v) is 2.20. The number of aromatic nitrogens is 2. The Kier molecular flexibility index (Phi) is 3.78. The number of nitrogens with zero attached hydrogens (tertiary/aromatic N) is 3. The summed E-state index contributed by atoms with van der Waals surface area (Å²) < 4.78 is 6.43. The second-order valence-corrected chi connectivity index (χ2v) is 4.47. The highest BCUT2D eigenvalue weighted by Gasteiger charge is 2.16. The normalized spacial score (nSPS) is 17.1. The Morgan fingerprint density at radius 1 is 1.41 bits per heavy atom. The van der Waals surface area contributed by atoms with Gasteiger partial charge in [0, 0.05) is 13.6 Å². The summed E-state index contributed by atoms with van der Waals surface area (Å²) in [5.74, 6) is -0.370. The second kappa shape index (κ2) is 5.31. The lowest BCUT2D eigenvalue weighted by molar-refractivity contribution is 0.0593. The van der Waals surface area contributed by atoms with Gasteiger partial charge in [-0.05, 0) is 32.0 Å². The van der Waals surface area contributed by atoms with Gasteiger partial charge in [0.2, 0.25) is 0 Å². The van der Waals surface area contributed by atoms with Crippen molar-refractivity contribution in [2.24, 2.45) is 7.05 Å². The van der Waals surface area contributed by atoms with Gasteiger partial charge in [-0.1, -0.05) is 6.42 Å². The molecule has 0 aliphatic carbocycles. The zero-order valence-corrected chi connectivity index (χ0v) is 10.5. The fraction of sp³-hybridized carbons (Fsp3) is 0.667. The van der Waals surface area contributed by atoms with E-state index >= 15 is 0 Å². The molecule has 2 rings (SSSR count). The average Bonchev–Trinajstić information content (AvgIpc) is 2.71. The number of ether oxygens (including phenoxy) is 1. The molecule has 94 valence electrons. The Morgan fingerprint density at radius 2 is 2.12 bits per heavy atom. The third kappa shape index (κ3) is 2.85. The van der Waals surface area contributed by atoms with E-state index in [1.807, 2.05) is 13.1 Å². The average molecular weight is 237 g/mol. The number of likely N-dealkylation sites (tertiary alicyclic amines) is 1. The summed E-state index contributed by atoms with van der Waals surface area (Å²) in [4.78, 5) is 13.8. The van der Waals surface area contributed by atoms with Crippen LogP contribution in [0.2, 0.25) is 0 Å². The van der Waals surface area contributed by atoms with Gasteiger partial charge < -0.3 is 4.74 Å². The Balaban J connectivity index is 2.04. The summed E-state index contributed by atoms with van der Waals surface area (Å²) >= 11 is 0. The molecule has 0 saturated carbocycles. The van der Waals surface area contributed by atoms with Crippen molar-refractivity contribution in [3.05, 3.63) is 17.5 Å². The van der Waals surface area contributed by atoms with Gasteiger partial charge >= 0.3 is 5.97 Å². The van der Waals surface area contributed by atoms with Crippen LogP contribution in [0.15, 0.2) is 6.07 Å². The third-order valence-electron chi connectivity index (χ3n) is 3.21. The minimum atomic E-state index is -0.370. The maximum Gasteiger partial charge on any atom is 0.358 e.